The van der Waals surface area contributed by atoms with Gasteiger partial charge in [-0.3, -0.25) is 16.0 Å². The molecule has 0 aliphatic heterocycles. The second-order valence-corrected chi connectivity index (χ2v) is 5.51. The van der Waals surface area contributed by atoms with E-state index in [0.717, 1.165) is 10.0 Å². The van der Waals surface area contributed by atoms with Crippen molar-refractivity contribution >= 4 is 33.0 Å². The number of benzene rings is 2. The molecule has 0 amide bonds. The van der Waals surface area contributed by atoms with Crippen LogP contribution >= 0.6 is 15.9 Å². The number of rotatable bonds is 5. The van der Waals surface area contributed by atoms with Crippen LogP contribution in [0.2, 0.25) is 0 Å². The summed E-state index contributed by atoms with van der Waals surface area (Å²) in [6, 6.07) is 12.5. The molecule has 21 heavy (non-hydrogen) atoms. The minimum absolute atomic E-state index is 0.00451. The molecule has 110 valence electrons. The molecule has 2 aromatic carbocycles. The lowest BCUT2D eigenvalue weighted by atomic mass is 10.1. The fourth-order valence-electron chi connectivity index (χ4n) is 1.99. The van der Waals surface area contributed by atoms with E-state index in [1.807, 2.05) is 31.2 Å². The highest BCUT2D eigenvalue weighted by Gasteiger charge is 2.12. The zero-order valence-corrected chi connectivity index (χ0v) is 12.9. The minimum atomic E-state index is -0.449. The fraction of sp³-hybridized carbons (Fsp3) is 0.143. The first-order valence-corrected chi connectivity index (χ1v) is 7.07. The van der Waals surface area contributed by atoms with Crippen molar-refractivity contribution in [2.75, 3.05) is 10.7 Å². The summed E-state index contributed by atoms with van der Waals surface area (Å²) in [4.78, 5) is 10.5. The molecule has 0 spiro atoms. The van der Waals surface area contributed by atoms with Gasteiger partial charge in [0.15, 0.2) is 0 Å². The predicted molar refractivity (Wildman–Crippen MR) is 87.1 cm³/mol. The number of nitrogen functional groups attached to an aromatic ring is 1. The summed E-state index contributed by atoms with van der Waals surface area (Å²) >= 11 is 3.43. The van der Waals surface area contributed by atoms with E-state index in [4.69, 9.17) is 5.84 Å². The SMILES string of the molecule is CC(Nc1cc(NN)cc([N+](=O)[O-])c1)c1cccc(Br)c1. The van der Waals surface area contributed by atoms with E-state index >= 15 is 0 Å². The van der Waals surface area contributed by atoms with Gasteiger partial charge in [-0.2, -0.15) is 0 Å². The molecular weight excluding hydrogens is 336 g/mol. The van der Waals surface area contributed by atoms with Crippen molar-refractivity contribution in [3.8, 4) is 0 Å². The third-order valence-electron chi connectivity index (χ3n) is 3.03. The zero-order valence-electron chi connectivity index (χ0n) is 11.3. The van der Waals surface area contributed by atoms with Crippen molar-refractivity contribution < 1.29 is 4.92 Å². The molecule has 0 aliphatic carbocycles. The van der Waals surface area contributed by atoms with Crippen LogP contribution in [0.15, 0.2) is 46.9 Å². The summed E-state index contributed by atoms with van der Waals surface area (Å²) in [5.74, 6) is 5.34. The van der Waals surface area contributed by atoms with Crippen LogP contribution in [-0.4, -0.2) is 4.92 Å². The van der Waals surface area contributed by atoms with Crippen LogP contribution in [-0.2, 0) is 0 Å². The summed E-state index contributed by atoms with van der Waals surface area (Å²) < 4.78 is 0.983. The second kappa shape index (κ2) is 6.55. The van der Waals surface area contributed by atoms with E-state index in [2.05, 4.69) is 26.7 Å². The van der Waals surface area contributed by atoms with E-state index < -0.39 is 4.92 Å². The highest BCUT2D eigenvalue weighted by Crippen LogP contribution is 2.27. The van der Waals surface area contributed by atoms with Crippen molar-refractivity contribution in [3.05, 3.63) is 62.6 Å². The Morgan fingerprint density at radius 1 is 1.24 bits per heavy atom. The quantitative estimate of drug-likeness (QED) is 0.433. The van der Waals surface area contributed by atoms with E-state index in [-0.39, 0.29) is 11.7 Å². The van der Waals surface area contributed by atoms with Crippen molar-refractivity contribution in [2.45, 2.75) is 13.0 Å². The summed E-state index contributed by atoms with van der Waals surface area (Å²) in [6.07, 6.45) is 0. The molecule has 0 fully saturated rings. The fourth-order valence-corrected chi connectivity index (χ4v) is 2.41. The minimum Gasteiger partial charge on any atom is -0.378 e. The van der Waals surface area contributed by atoms with Crippen LogP contribution in [0.5, 0.6) is 0 Å². The van der Waals surface area contributed by atoms with Crippen LogP contribution in [0.1, 0.15) is 18.5 Å². The molecule has 1 unspecified atom stereocenters. The van der Waals surface area contributed by atoms with Crippen molar-refractivity contribution in [3.63, 3.8) is 0 Å². The molecule has 0 bridgehead atoms. The van der Waals surface area contributed by atoms with Crippen molar-refractivity contribution in [2.24, 2.45) is 5.84 Å². The Balaban J connectivity index is 2.26. The maximum absolute atomic E-state index is 10.9. The number of halogens is 1. The highest BCUT2D eigenvalue weighted by atomic mass is 79.9. The first-order valence-electron chi connectivity index (χ1n) is 6.27. The monoisotopic (exact) mass is 350 g/mol. The van der Waals surface area contributed by atoms with E-state index in [1.165, 1.54) is 12.1 Å². The summed E-state index contributed by atoms with van der Waals surface area (Å²) in [7, 11) is 0. The normalized spacial score (nSPS) is 11.8. The predicted octanol–water partition coefficient (Wildman–Crippen LogP) is 3.82. The van der Waals surface area contributed by atoms with Crippen LogP contribution in [0, 0.1) is 10.1 Å². The van der Waals surface area contributed by atoms with E-state index in [9.17, 15) is 10.1 Å². The smallest absolute Gasteiger partial charge is 0.273 e. The Kier molecular flexibility index (Phi) is 4.77. The molecule has 0 aliphatic rings. The topological polar surface area (TPSA) is 93.2 Å². The molecule has 0 heterocycles. The highest BCUT2D eigenvalue weighted by molar-refractivity contribution is 9.10. The maximum Gasteiger partial charge on any atom is 0.273 e. The lowest BCUT2D eigenvalue weighted by Crippen LogP contribution is -2.10. The van der Waals surface area contributed by atoms with Gasteiger partial charge in [0.25, 0.3) is 5.69 Å². The van der Waals surface area contributed by atoms with Gasteiger partial charge in [-0.05, 0) is 30.7 Å². The number of nitro benzene ring substituents is 1. The lowest BCUT2D eigenvalue weighted by Gasteiger charge is -2.16. The van der Waals surface area contributed by atoms with Crippen molar-refractivity contribution in [1.82, 2.24) is 0 Å². The van der Waals surface area contributed by atoms with E-state index in [1.54, 1.807) is 6.07 Å². The van der Waals surface area contributed by atoms with Crippen LogP contribution in [0.4, 0.5) is 17.1 Å². The van der Waals surface area contributed by atoms with Gasteiger partial charge < -0.3 is 10.7 Å². The number of non-ortho nitro benzene ring substituents is 1. The van der Waals surface area contributed by atoms with Crippen LogP contribution in [0.25, 0.3) is 0 Å². The third kappa shape index (κ3) is 3.93. The number of hydrogen-bond donors (Lipinski definition) is 3. The third-order valence-corrected chi connectivity index (χ3v) is 3.52. The van der Waals surface area contributed by atoms with Gasteiger partial charge in [-0.1, -0.05) is 28.1 Å². The maximum atomic E-state index is 10.9. The van der Waals surface area contributed by atoms with Gasteiger partial charge in [0.05, 0.1) is 10.6 Å². The molecule has 7 heteroatoms. The average molecular weight is 351 g/mol. The number of nitrogens with one attached hydrogen (secondary N) is 2. The Hall–Kier alpha value is -2.12. The van der Waals surface area contributed by atoms with Gasteiger partial charge in [0.2, 0.25) is 0 Å². The van der Waals surface area contributed by atoms with Gasteiger partial charge in [-0.25, -0.2) is 0 Å². The standard InChI is InChI=1S/C14H15BrN4O2/c1-9(10-3-2-4-11(15)5-10)17-12-6-13(18-16)8-14(7-12)19(20)21/h2-9,17-18H,16H2,1H3. The first kappa shape index (κ1) is 15.3. The largest absolute Gasteiger partial charge is 0.378 e. The molecular formula is C14H15BrN4O2. The molecule has 2 aromatic rings. The summed E-state index contributed by atoms with van der Waals surface area (Å²) in [5, 5.41) is 14.2. The molecule has 0 aromatic heterocycles. The van der Waals surface area contributed by atoms with Gasteiger partial charge in [0, 0.05) is 28.3 Å². The molecule has 0 radical (unpaired) electrons. The number of anilines is 2. The number of hydrazine groups is 1. The van der Waals surface area contributed by atoms with Crippen LogP contribution < -0.4 is 16.6 Å². The Bertz CT molecular complexity index is 663. The van der Waals surface area contributed by atoms with E-state index in [0.29, 0.717) is 11.4 Å². The Labute approximate surface area is 130 Å². The number of hydrogen-bond acceptors (Lipinski definition) is 5. The molecule has 0 saturated carbocycles. The lowest BCUT2D eigenvalue weighted by molar-refractivity contribution is -0.384. The van der Waals surface area contributed by atoms with Gasteiger partial charge >= 0.3 is 0 Å². The van der Waals surface area contributed by atoms with Crippen molar-refractivity contribution in [1.29, 1.82) is 0 Å². The Morgan fingerprint density at radius 2 is 1.95 bits per heavy atom. The number of nitrogens with zero attached hydrogens (tertiary/aromatic N) is 1. The molecule has 4 N–H and O–H groups in total. The zero-order chi connectivity index (χ0) is 15.4. The summed E-state index contributed by atoms with van der Waals surface area (Å²) in [5.41, 5.74) is 4.59. The molecule has 6 nitrogen and oxygen atoms in total. The first-order chi connectivity index (χ1) is 9.99. The average Bonchev–Trinajstić information content (AvgIpc) is 2.46. The molecule has 1 atom stereocenters. The van der Waals surface area contributed by atoms with Gasteiger partial charge in [-0.15, -0.1) is 0 Å². The number of nitrogens with two attached hydrogens (primary N) is 1. The second-order valence-electron chi connectivity index (χ2n) is 4.59. The van der Waals surface area contributed by atoms with Crippen LogP contribution in [0.3, 0.4) is 0 Å². The summed E-state index contributed by atoms with van der Waals surface area (Å²) in [6.45, 7) is 1.98. The molecule has 2 rings (SSSR count). The Morgan fingerprint density at radius 3 is 2.57 bits per heavy atom. The van der Waals surface area contributed by atoms with Gasteiger partial charge in [0.1, 0.15) is 0 Å². The molecule has 0 saturated heterocycles. The number of nitro groups is 1.